The smallest absolute Gasteiger partial charge is 0.726 e. The van der Waals surface area contributed by atoms with E-state index in [1.807, 2.05) is 0 Å². The molecule has 2 saturated heterocycles. The molecule has 24 nitrogen and oxygen atoms in total. The van der Waals surface area contributed by atoms with Crippen molar-refractivity contribution < 1.29 is 64.2 Å². The Balaban J connectivity index is 0.000000208. The Morgan fingerprint density at radius 1 is 0.681 bits per heavy atom. The number of hydrogen-bond acceptors (Lipinski definition) is 22. The van der Waals surface area contributed by atoms with Gasteiger partial charge in [0.05, 0.1) is 25.9 Å². The van der Waals surface area contributed by atoms with Crippen LogP contribution in [0.4, 0.5) is 11.6 Å². The minimum absolute atomic E-state index is 0. The molecule has 47 heavy (non-hydrogen) atoms. The number of aliphatic hydroxyl groups excluding tert-OH is 4. The van der Waals surface area contributed by atoms with Crippen molar-refractivity contribution in [1.82, 2.24) is 39.0 Å². The number of imidazole rings is 2. The van der Waals surface area contributed by atoms with Gasteiger partial charge in [0, 0.05) is 0 Å². The van der Waals surface area contributed by atoms with E-state index in [2.05, 4.69) is 38.3 Å². The summed E-state index contributed by atoms with van der Waals surface area (Å²) in [6.45, 7) is -1.46. The fourth-order valence-electron chi connectivity index (χ4n) is 4.61. The van der Waals surface area contributed by atoms with Gasteiger partial charge >= 0.3 is 23.1 Å². The van der Waals surface area contributed by atoms with Gasteiger partial charge in [-0.1, -0.05) is 0 Å². The van der Waals surface area contributed by atoms with E-state index in [1.54, 1.807) is 0 Å². The minimum atomic E-state index is -4.94. The van der Waals surface area contributed by atoms with Crippen LogP contribution >= 0.6 is 0 Å². The van der Waals surface area contributed by atoms with Crippen LogP contribution in [0.5, 0.6) is 0 Å². The molecule has 0 bridgehead atoms. The van der Waals surface area contributed by atoms with Crippen molar-refractivity contribution in [3.8, 4) is 0 Å². The summed E-state index contributed by atoms with van der Waals surface area (Å²) in [5.74, 6) is 0.248. The Kier molecular flexibility index (Phi) is 11.1. The molecule has 2 aliphatic heterocycles. The Morgan fingerprint density at radius 2 is 1.04 bits per heavy atom. The summed E-state index contributed by atoms with van der Waals surface area (Å²) in [6, 6.07) is 0. The molecule has 0 spiro atoms. The van der Waals surface area contributed by atoms with Crippen LogP contribution in [0.2, 0.25) is 0 Å². The standard InChI is InChI=1S/2C10H13N5O7S.Mg/c2*11-8-5-9(13-2-12-8)15(3-14-5)10-7(17)6(16)4(22-10)1-21-23(18,19)20;/h2*2-4,6-7,10,16-17H,1H2,(H2,11,12,13)(H,18,19,20);/q;;+2/p-2/t2*4-,6-,7-,10-;/m11./s1. The second-order valence-corrected chi connectivity index (χ2v) is 11.7. The number of fused-ring (bicyclic) bond motifs is 2. The Labute approximate surface area is 279 Å². The summed E-state index contributed by atoms with van der Waals surface area (Å²) in [7, 11) is -9.89. The fraction of sp³-hybridized carbons (Fsp3) is 0.500. The third-order valence-corrected chi connectivity index (χ3v) is 7.60. The number of ether oxygens (including phenoxy) is 2. The van der Waals surface area contributed by atoms with Gasteiger partial charge < -0.3 is 50.5 Å². The first kappa shape index (κ1) is 36.8. The number of nitrogen functional groups attached to an aromatic ring is 2. The van der Waals surface area contributed by atoms with E-state index < -0.39 is 83.1 Å². The van der Waals surface area contributed by atoms with Gasteiger partial charge in [-0.2, -0.15) is 0 Å². The van der Waals surface area contributed by atoms with E-state index in [4.69, 9.17) is 20.9 Å². The summed E-state index contributed by atoms with van der Waals surface area (Å²) in [6.07, 6.45) is -5.54. The second-order valence-electron chi connectivity index (χ2n) is 9.64. The molecule has 0 aliphatic carbocycles. The average molecular weight is 717 g/mol. The topological polar surface area (TPSA) is 371 Å². The van der Waals surface area contributed by atoms with E-state index in [1.165, 1.54) is 34.4 Å². The van der Waals surface area contributed by atoms with E-state index in [-0.39, 0.29) is 57.0 Å². The van der Waals surface area contributed by atoms with Gasteiger partial charge in [0.15, 0.2) is 35.4 Å². The Hall–Kier alpha value is -3.03. The zero-order valence-electron chi connectivity index (χ0n) is 23.5. The van der Waals surface area contributed by atoms with Gasteiger partial charge in [0.1, 0.15) is 60.3 Å². The summed E-state index contributed by atoms with van der Waals surface area (Å²) in [5, 5.41) is 40.0. The average Bonchev–Trinajstić information content (AvgIpc) is 3.73. The quantitative estimate of drug-likeness (QED) is 0.0563. The van der Waals surface area contributed by atoms with Gasteiger partial charge in [-0.15, -0.1) is 0 Å². The molecule has 2 aliphatic rings. The summed E-state index contributed by atoms with van der Waals surface area (Å²) < 4.78 is 84.3. The molecule has 0 radical (unpaired) electrons. The maximum absolute atomic E-state index is 10.5. The maximum Gasteiger partial charge on any atom is 2.00 e. The van der Waals surface area contributed by atoms with Crippen LogP contribution in [-0.4, -0.2) is 158 Å². The van der Waals surface area contributed by atoms with Crippen molar-refractivity contribution in [3.05, 3.63) is 25.3 Å². The number of nitrogens with zero attached hydrogens (tertiary/aromatic N) is 8. The Bertz CT molecular complexity index is 1790. The summed E-state index contributed by atoms with van der Waals surface area (Å²) >= 11 is 0. The molecule has 8 N–H and O–H groups in total. The van der Waals surface area contributed by atoms with Gasteiger partial charge in [0.2, 0.25) is 20.8 Å². The van der Waals surface area contributed by atoms with Gasteiger partial charge in [0.25, 0.3) is 0 Å². The zero-order valence-corrected chi connectivity index (χ0v) is 26.5. The molecule has 0 aromatic carbocycles. The van der Waals surface area contributed by atoms with Crippen LogP contribution in [0.25, 0.3) is 22.3 Å². The van der Waals surface area contributed by atoms with E-state index in [9.17, 15) is 46.4 Å². The molecule has 8 atom stereocenters. The number of nitrogens with two attached hydrogens (primary N) is 2. The third-order valence-electron chi connectivity index (χ3n) is 6.75. The van der Waals surface area contributed by atoms with Crippen LogP contribution in [-0.2, 0) is 38.6 Å². The van der Waals surface area contributed by atoms with E-state index in [0.29, 0.717) is 0 Å². The minimum Gasteiger partial charge on any atom is -0.726 e. The van der Waals surface area contributed by atoms with Crippen LogP contribution in [0.1, 0.15) is 12.5 Å². The molecule has 2 fully saturated rings. The predicted molar refractivity (Wildman–Crippen MR) is 148 cm³/mol. The molecular weight excluding hydrogens is 693 g/mol. The number of hydrogen-bond donors (Lipinski definition) is 6. The first-order chi connectivity index (χ1) is 21.6. The largest absolute Gasteiger partial charge is 2.00 e. The number of aromatic nitrogens is 8. The van der Waals surface area contributed by atoms with Crippen LogP contribution < -0.4 is 11.5 Å². The molecule has 6 rings (SSSR count). The number of anilines is 2. The Morgan fingerprint density at radius 3 is 1.38 bits per heavy atom. The molecule has 252 valence electrons. The van der Waals surface area contributed by atoms with Gasteiger partial charge in [-0.25, -0.2) is 46.7 Å². The van der Waals surface area contributed by atoms with Gasteiger partial charge in [-0.3, -0.25) is 17.5 Å². The van der Waals surface area contributed by atoms with Crippen molar-refractivity contribution >= 4 is 77.8 Å². The van der Waals surface area contributed by atoms with Gasteiger partial charge in [-0.05, 0) is 0 Å². The number of rotatable bonds is 8. The van der Waals surface area contributed by atoms with Crippen molar-refractivity contribution in [2.24, 2.45) is 0 Å². The molecule has 0 amide bonds. The first-order valence-electron chi connectivity index (χ1n) is 12.7. The third kappa shape index (κ3) is 8.00. The molecule has 0 unspecified atom stereocenters. The molecular formula is C20H24MgN10O14S2. The van der Waals surface area contributed by atoms with Crippen molar-refractivity contribution in [3.63, 3.8) is 0 Å². The molecule has 4 aromatic heterocycles. The predicted octanol–water partition coefficient (Wildman–Crippen LogP) is -5.37. The maximum atomic E-state index is 10.5. The van der Waals surface area contributed by atoms with Crippen LogP contribution in [0.15, 0.2) is 25.3 Å². The number of aliphatic hydroxyl groups is 4. The van der Waals surface area contributed by atoms with Crippen LogP contribution in [0, 0.1) is 0 Å². The SMILES string of the molecule is Nc1ncnc2c1ncn2[C@@H]1O[C@H](COS(=O)(=O)[O-])[C@@H](O)[C@H]1O.Nc1ncnc2c1ncn2[C@@H]1O[C@H](COS(=O)(=O)[O-])[C@@H](O)[C@H]1O.[Mg+2]. The molecule has 27 heteroatoms. The van der Waals surface area contributed by atoms with Crippen LogP contribution in [0.3, 0.4) is 0 Å². The van der Waals surface area contributed by atoms with E-state index in [0.717, 1.165) is 0 Å². The molecule has 4 aromatic rings. The summed E-state index contributed by atoms with van der Waals surface area (Å²) in [4.78, 5) is 23.5. The second kappa shape index (κ2) is 14.2. The normalized spacial score (nSPS) is 27.9. The van der Waals surface area contributed by atoms with Crippen molar-refractivity contribution in [2.75, 3.05) is 24.7 Å². The summed E-state index contributed by atoms with van der Waals surface area (Å²) in [5.41, 5.74) is 12.4. The zero-order chi connectivity index (χ0) is 33.6. The monoisotopic (exact) mass is 716 g/mol. The molecule has 0 saturated carbocycles. The van der Waals surface area contributed by atoms with E-state index >= 15 is 0 Å². The fourth-order valence-corrected chi connectivity index (χ4v) is 5.21. The molecule has 6 heterocycles. The first-order valence-corrected chi connectivity index (χ1v) is 15.3. The van der Waals surface area contributed by atoms with Crippen molar-refractivity contribution in [1.29, 1.82) is 0 Å². The van der Waals surface area contributed by atoms with Crippen molar-refractivity contribution in [2.45, 2.75) is 49.1 Å².